The first-order valence-electron chi connectivity index (χ1n) is 6.79. The lowest BCUT2D eigenvalue weighted by molar-refractivity contribution is 0.581. The molecular formula is C16H20N2O2S. The van der Waals surface area contributed by atoms with Gasteiger partial charge in [-0.2, -0.15) is 0 Å². The van der Waals surface area contributed by atoms with Gasteiger partial charge in [0.2, 0.25) is 10.0 Å². The average molecular weight is 304 g/mol. The summed E-state index contributed by atoms with van der Waals surface area (Å²) in [6.07, 6.45) is 0. The summed E-state index contributed by atoms with van der Waals surface area (Å²) >= 11 is 0. The quantitative estimate of drug-likeness (QED) is 0.891. The van der Waals surface area contributed by atoms with Crippen molar-refractivity contribution in [3.63, 3.8) is 0 Å². The van der Waals surface area contributed by atoms with Crippen molar-refractivity contribution in [2.75, 3.05) is 0 Å². The van der Waals surface area contributed by atoms with Gasteiger partial charge in [0, 0.05) is 12.6 Å². The summed E-state index contributed by atoms with van der Waals surface area (Å²) < 4.78 is 27.2. The fraction of sp³-hybridized carbons (Fsp3) is 0.250. The van der Waals surface area contributed by atoms with Gasteiger partial charge < -0.3 is 5.73 Å². The molecule has 0 saturated carbocycles. The van der Waals surface area contributed by atoms with Gasteiger partial charge in [-0.3, -0.25) is 0 Å². The zero-order chi connectivity index (χ0) is 15.5. The van der Waals surface area contributed by atoms with Gasteiger partial charge in [-0.05, 0) is 37.1 Å². The van der Waals surface area contributed by atoms with Crippen LogP contribution in [0.1, 0.15) is 29.7 Å². The molecule has 5 heteroatoms. The Hall–Kier alpha value is -1.69. The molecule has 21 heavy (non-hydrogen) atoms. The molecule has 0 heterocycles. The predicted molar refractivity (Wildman–Crippen MR) is 84.2 cm³/mol. The Morgan fingerprint density at radius 1 is 1.14 bits per heavy atom. The zero-order valence-electron chi connectivity index (χ0n) is 12.2. The number of rotatable bonds is 5. The molecule has 4 nitrogen and oxygen atoms in total. The third kappa shape index (κ3) is 4.14. The van der Waals surface area contributed by atoms with Gasteiger partial charge in [0.1, 0.15) is 0 Å². The van der Waals surface area contributed by atoms with Crippen LogP contribution in [-0.4, -0.2) is 8.42 Å². The lowest BCUT2D eigenvalue weighted by Crippen LogP contribution is -2.23. The van der Waals surface area contributed by atoms with Gasteiger partial charge in [0.15, 0.2) is 0 Å². The van der Waals surface area contributed by atoms with E-state index >= 15 is 0 Å². The van der Waals surface area contributed by atoms with E-state index in [0.717, 1.165) is 16.7 Å². The highest BCUT2D eigenvalue weighted by molar-refractivity contribution is 7.89. The van der Waals surface area contributed by atoms with E-state index in [1.54, 1.807) is 18.2 Å². The van der Waals surface area contributed by atoms with Gasteiger partial charge in [-0.1, -0.05) is 42.0 Å². The van der Waals surface area contributed by atoms with Crippen LogP contribution in [0.15, 0.2) is 53.4 Å². The lowest BCUT2D eigenvalue weighted by atomic mass is 10.1. The Labute approximate surface area is 126 Å². The molecule has 0 bridgehead atoms. The normalized spacial score (nSPS) is 13.1. The highest BCUT2D eigenvalue weighted by Gasteiger charge is 2.14. The first-order valence-corrected chi connectivity index (χ1v) is 8.27. The van der Waals surface area contributed by atoms with Gasteiger partial charge in [-0.15, -0.1) is 0 Å². The maximum absolute atomic E-state index is 12.3. The summed E-state index contributed by atoms with van der Waals surface area (Å²) in [6, 6.07) is 14.3. The van der Waals surface area contributed by atoms with E-state index in [-0.39, 0.29) is 17.5 Å². The molecule has 0 aromatic heterocycles. The molecule has 1 atom stereocenters. The Bertz CT molecular complexity index is 707. The lowest BCUT2D eigenvalue weighted by Gasteiger charge is -2.10. The Morgan fingerprint density at radius 3 is 2.43 bits per heavy atom. The molecule has 0 saturated heterocycles. The number of nitrogens with one attached hydrogen (secondary N) is 1. The maximum Gasteiger partial charge on any atom is 0.240 e. The number of hydrogen-bond acceptors (Lipinski definition) is 3. The molecule has 2 aromatic rings. The van der Waals surface area contributed by atoms with Crippen molar-refractivity contribution < 1.29 is 8.42 Å². The van der Waals surface area contributed by atoms with E-state index in [0.29, 0.717) is 0 Å². The summed E-state index contributed by atoms with van der Waals surface area (Å²) in [5, 5.41) is 0. The summed E-state index contributed by atoms with van der Waals surface area (Å²) in [6.45, 7) is 4.09. The van der Waals surface area contributed by atoms with Gasteiger partial charge in [0.25, 0.3) is 0 Å². The maximum atomic E-state index is 12.3. The van der Waals surface area contributed by atoms with Crippen LogP contribution in [0.3, 0.4) is 0 Å². The third-order valence-corrected chi connectivity index (χ3v) is 4.68. The number of hydrogen-bond donors (Lipinski definition) is 2. The third-order valence-electron chi connectivity index (χ3n) is 3.28. The van der Waals surface area contributed by atoms with Crippen LogP contribution < -0.4 is 10.5 Å². The topological polar surface area (TPSA) is 72.2 Å². The molecule has 112 valence electrons. The highest BCUT2D eigenvalue weighted by Crippen LogP contribution is 2.16. The first kappa shape index (κ1) is 15.7. The van der Waals surface area contributed by atoms with Crippen LogP contribution in [0.2, 0.25) is 0 Å². The van der Waals surface area contributed by atoms with E-state index < -0.39 is 10.0 Å². The van der Waals surface area contributed by atoms with E-state index in [9.17, 15) is 8.42 Å². The van der Waals surface area contributed by atoms with Crippen LogP contribution in [0, 0.1) is 6.92 Å². The highest BCUT2D eigenvalue weighted by atomic mass is 32.2. The summed E-state index contributed by atoms with van der Waals surface area (Å²) in [5.41, 5.74) is 8.66. The van der Waals surface area contributed by atoms with E-state index in [4.69, 9.17) is 5.73 Å². The van der Waals surface area contributed by atoms with Crippen LogP contribution >= 0.6 is 0 Å². The van der Waals surface area contributed by atoms with E-state index in [1.807, 2.05) is 44.2 Å². The van der Waals surface area contributed by atoms with Crippen LogP contribution in [0.4, 0.5) is 0 Å². The minimum Gasteiger partial charge on any atom is -0.324 e. The molecule has 0 fully saturated rings. The fourth-order valence-corrected chi connectivity index (χ4v) is 3.00. The SMILES string of the molecule is Cc1ccc(CNS(=O)(=O)c2cccc(C(C)N)c2)cc1. The van der Waals surface area contributed by atoms with Crippen molar-refractivity contribution in [1.29, 1.82) is 0 Å². The van der Waals surface area contributed by atoms with Crippen molar-refractivity contribution in [2.24, 2.45) is 5.73 Å². The van der Waals surface area contributed by atoms with Gasteiger partial charge in [0.05, 0.1) is 4.90 Å². The molecule has 0 aliphatic rings. The molecule has 2 aromatic carbocycles. The molecular weight excluding hydrogens is 284 g/mol. The van der Waals surface area contributed by atoms with Crippen molar-refractivity contribution in [1.82, 2.24) is 4.72 Å². The molecule has 0 aliphatic heterocycles. The molecule has 0 spiro atoms. The number of benzene rings is 2. The standard InChI is InChI=1S/C16H20N2O2S/c1-12-6-8-14(9-7-12)11-18-21(19,20)16-5-3-4-15(10-16)13(2)17/h3-10,13,18H,11,17H2,1-2H3. The smallest absolute Gasteiger partial charge is 0.240 e. The first-order chi connectivity index (χ1) is 9.88. The second-order valence-electron chi connectivity index (χ2n) is 5.17. The molecule has 0 amide bonds. The minimum absolute atomic E-state index is 0.197. The Balaban J connectivity index is 2.14. The second-order valence-corrected chi connectivity index (χ2v) is 6.94. The summed E-state index contributed by atoms with van der Waals surface area (Å²) in [7, 11) is -3.53. The number of sulfonamides is 1. The number of nitrogens with two attached hydrogens (primary N) is 1. The second kappa shape index (κ2) is 6.39. The van der Waals surface area contributed by atoms with Crippen LogP contribution in [0.25, 0.3) is 0 Å². The summed E-state index contributed by atoms with van der Waals surface area (Å²) in [5.74, 6) is 0. The Kier molecular flexibility index (Phi) is 4.77. The average Bonchev–Trinajstić information content (AvgIpc) is 2.47. The van der Waals surface area contributed by atoms with Gasteiger partial charge >= 0.3 is 0 Å². The monoisotopic (exact) mass is 304 g/mol. The van der Waals surface area contributed by atoms with Gasteiger partial charge in [-0.25, -0.2) is 13.1 Å². The van der Waals surface area contributed by atoms with Crippen molar-refractivity contribution in [2.45, 2.75) is 31.3 Å². The minimum atomic E-state index is -3.53. The van der Waals surface area contributed by atoms with Crippen molar-refractivity contribution in [3.8, 4) is 0 Å². The Morgan fingerprint density at radius 2 is 1.81 bits per heavy atom. The zero-order valence-corrected chi connectivity index (χ0v) is 13.0. The predicted octanol–water partition coefficient (Wildman–Crippen LogP) is 2.49. The van der Waals surface area contributed by atoms with Crippen molar-refractivity contribution in [3.05, 3.63) is 65.2 Å². The largest absolute Gasteiger partial charge is 0.324 e. The van der Waals surface area contributed by atoms with Crippen LogP contribution in [-0.2, 0) is 16.6 Å². The molecule has 3 N–H and O–H groups in total. The molecule has 0 aliphatic carbocycles. The van der Waals surface area contributed by atoms with E-state index in [2.05, 4.69) is 4.72 Å². The molecule has 0 radical (unpaired) electrons. The van der Waals surface area contributed by atoms with Crippen molar-refractivity contribution >= 4 is 10.0 Å². The number of aryl methyl sites for hydroxylation is 1. The fourth-order valence-electron chi connectivity index (χ4n) is 1.93. The van der Waals surface area contributed by atoms with Crippen LogP contribution in [0.5, 0.6) is 0 Å². The molecule has 2 rings (SSSR count). The summed E-state index contributed by atoms with van der Waals surface area (Å²) in [4.78, 5) is 0.240. The van der Waals surface area contributed by atoms with E-state index in [1.165, 1.54) is 0 Å². The molecule has 1 unspecified atom stereocenters.